The van der Waals surface area contributed by atoms with Gasteiger partial charge in [-0.2, -0.15) is 31.0 Å². The maximum absolute atomic E-state index is 3.76. The van der Waals surface area contributed by atoms with E-state index in [4.69, 9.17) is 0 Å². The Labute approximate surface area is 151 Å². The van der Waals surface area contributed by atoms with Gasteiger partial charge < -0.3 is 6.92 Å². The Morgan fingerprint density at radius 2 is 1.05 bits per heavy atom. The van der Waals surface area contributed by atoms with E-state index in [1.54, 1.807) is 0 Å². The molecular weight excluding hydrogens is 317 g/mol. The molecule has 0 aliphatic heterocycles. The Kier molecular flexibility index (Phi) is 25.3. The molecule has 2 rings (SSSR count). The molecule has 109 valence electrons. The molecule has 0 aromatic heterocycles. The summed E-state index contributed by atoms with van der Waals surface area (Å²) in [6, 6.07) is 20.1. The van der Waals surface area contributed by atoms with Gasteiger partial charge in [-0.3, -0.25) is 0 Å². The zero-order valence-electron chi connectivity index (χ0n) is 13.5. The molecule has 0 bridgehead atoms. The van der Waals surface area contributed by atoms with Crippen LogP contribution in [0.4, 0.5) is 0 Å². The molecule has 0 N–H and O–H groups in total. The van der Waals surface area contributed by atoms with E-state index in [9.17, 15) is 0 Å². The molecule has 0 nitrogen and oxygen atoms in total. The van der Waals surface area contributed by atoms with Gasteiger partial charge in [0, 0.05) is 32.7 Å². The van der Waals surface area contributed by atoms with Crippen molar-refractivity contribution in [2.75, 3.05) is 0 Å². The summed E-state index contributed by atoms with van der Waals surface area (Å²) >= 11 is 0. The maximum atomic E-state index is 3.76. The molecule has 2 aromatic carbocycles. The van der Waals surface area contributed by atoms with Crippen molar-refractivity contribution in [1.82, 2.24) is 0 Å². The average molecular weight is 345 g/mol. The molecule has 1 heteroatoms. The average Bonchev–Trinajstić information content (AvgIpc) is 2.53. The Balaban J connectivity index is -0.000000224. The van der Waals surface area contributed by atoms with Gasteiger partial charge in [-0.15, -0.1) is 12.1 Å². The van der Waals surface area contributed by atoms with Crippen molar-refractivity contribution in [2.24, 2.45) is 0 Å². The zero-order chi connectivity index (χ0) is 14.9. The first kappa shape index (κ1) is 24.4. The summed E-state index contributed by atoms with van der Waals surface area (Å²) in [5.74, 6) is 0. The number of hydrogen-bond acceptors (Lipinski definition) is 0. The molecule has 0 heterocycles. The van der Waals surface area contributed by atoms with Gasteiger partial charge in [0.25, 0.3) is 0 Å². The summed E-state index contributed by atoms with van der Waals surface area (Å²) in [6.07, 6.45) is 0.890. The van der Waals surface area contributed by atoms with Crippen LogP contribution in [0.25, 0.3) is 0 Å². The van der Waals surface area contributed by atoms with Crippen LogP contribution >= 0.6 is 0 Å². The Hall–Kier alpha value is -0.586. The quantitative estimate of drug-likeness (QED) is 0.558. The van der Waals surface area contributed by atoms with Crippen molar-refractivity contribution in [3.63, 3.8) is 0 Å². The van der Waals surface area contributed by atoms with Crippen LogP contribution in [0.2, 0.25) is 0 Å². The number of rotatable bonds is 1. The van der Waals surface area contributed by atoms with Crippen molar-refractivity contribution in [3.8, 4) is 0 Å². The third kappa shape index (κ3) is 15.5. The molecule has 0 spiro atoms. The fourth-order valence-corrected chi connectivity index (χ4v) is 1.12. The van der Waals surface area contributed by atoms with Gasteiger partial charge in [-0.25, -0.2) is 0 Å². The Morgan fingerprint density at radius 1 is 0.700 bits per heavy atom. The smallest absolute Gasteiger partial charge is 0 e. The Morgan fingerprint density at radius 3 is 1.25 bits per heavy atom. The summed E-state index contributed by atoms with van der Waals surface area (Å²) in [7, 11) is 0. The summed E-state index contributed by atoms with van der Waals surface area (Å²) in [4.78, 5) is 0. The summed E-state index contributed by atoms with van der Waals surface area (Å²) in [6.45, 7) is 15.5. The fraction of sp³-hybridized carbons (Fsp3) is 0.263. The maximum Gasteiger partial charge on any atom is 0 e. The van der Waals surface area contributed by atoms with Crippen molar-refractivity contribution >= 4 is 0 Å². The predicted octanol–water partition coefficient (Wildman–Crippen LogP) is 5.98. The van der Waals surface area contributed by atoms with Crippen LogP contribution in [-0.4, -0.2) is 0 Å². The first-order valence-corrected chi connectivity index (χ1v) is 7.03. The van der Waals surface area contributed by atoms with Crippen molar-refractivity contribution in [3.05, 3.63) is 85.6 Å². The van der Waals surface area contributed by atoms with Crippen molar-refractivity contribution in [2.45, 2.75) is 34.1 Å². The second kappa shape index (κ2) is 20.7. The first-order chi connectivity index (χ1) is 9.33. The van der Waals surface area contributed by atoms with Gasteiger partial charge in [0.05, 0.1) is 0 Å². The van der Waals surface area contributed by atoms with E-state index in [1.165, 1.54) is 5.56 Å². The third-order valence-electron chi connectivity index (χ3n) is 1.97. The van der Waals surface area contributed by atoms with Crippen LogP contribution < -0.4 is 0 Å². The molecule has 2 aromatic rings. The van der Waals surface area contributed by atoms with Crippen molar-refractivity contribution < 1.29 is 32.7 Å². The second-order valence-corrected chi connectivity index (χ2v) is 3.22. The van der Waals surface area contributed by atoms with Crippen LogP contribution in [0.1, 0.15) is 38.8 Å². The van der Waals surface area contributed by atoms with Crippen molar-refractivity contribution in [1.29, 1.82) is 0 Å². The second-order valence-electron chi connectivity index (χ2n) is 3.22. The third-order valence-corrected chi connectivity index (χ3v) is 1.97. The molecule has 0 fully saturated rings. The van der Waals surface area contributed by atoms with Gasteiger partial charge in [-0.1, -0.05) is 69.7 Å². The zero-order valence-corrected chi connectivity index (χ0v) is 16.3. The molecule has 0 aliphatic rings. The molecule has 1 radical (unpaired) electrons. The summed E-state index contributed by atoms with van der Waals surface area (Å²) in [5.41, 5.74) is 2.37. The van der Waals surface area contributed by atoms with Crippen LogP contribution in [0.15, 0.2) is 60.7 Å². The molecule has 0 amide bonds. The summed E-state index contributed by atoms with van der Waals surface area (Å²) in [5, 5.41) is 0. The van der Waals surface area contributed by atoms with Crippen LogP contribution in [0.5, 0.6) is 0 Å². The minimum absolute atomic E-state index is 0. The van der Waals surface area contributed by atoms with Crippen LogP contribution in [0, 0.1) is 13.8 Å². The summed E-state index contributed by atoms with van der Waals surface area (Å²) < 4.78 is 0. The fourth-order valence-electron chi connectivity index (χ4n) is 1.12. The standard InChI is InChI=1S/C8H9.C7H7.2C2H6.Y/c1-2-8-6-4-3-5-7-8;1-7-5-3-2-4-6-7;2*1-2;/h3-7H,1-2H2;2-6H,1H2;2*1-2H3;/q2*-1;;;. The van der Waals surface area contributed by atoms with E-state index in [0.29, 0.717) is 0 Å². The molecule has 0 atom stereocenters. The monoisotopic (exact) mass is 345 g/mol. The van der Waals surface area contributed by atoms with Gasteiger partial charge in [0.1, 0.15) is 0 Å². The van der Waals surface area contributed by atoms with Gasteiger partial charge >= 0.3 is 0 Å². The minimum atomic E-state index is 0. The van der Waals surface area contributed by atoms with Gasteiger partial charge in [-0.05, 0) is 0 Å². The van der Waals surface area contributed by atoms with E-state index in [0.717, 1.165) is 12.0 Å². The van der Waals surface area contributed by atoms with E-state index in [1.807, 2.05) is 76.2 Å². The van der Waals surface area contributed by atoms with Crippen LogP contribution in [0.3, 0.4) is 0 Å². The normalized spacial score (nSPS) is 7.25. The molecular formula is C19H28Y-2. The van der Waals surface area contributed by atoms with E-state index in [2.05, 4.69) is 26.0 Å². The van der Waals surface area contributed by atoms with Crippen LogP contribution in [-0.2, 0) is 39.1 Å². The largest absolute Gasteiger partial charge is 0.339 e. The minimum Gasteiger partial charge on any atom is -0.339 e. The topological polar surface area (TPSA) is 0 Å². The molecule has 0 aliphatic carbocycles. The first-order valence-electron chi connectivity index (χ1n) is 7.03. The molecule has 0 unspecified atom stereocenters. The Bertz CT molecular complexity index is 354. The van der Waals surface area contributed by atoms with E-state index < -0.39 is 0 Å². The molecule has 0 saturated heterocycles. The van der Waals surface area contributed by atoms with E-state index >= 15 is 0 Å². The number of hydrogen-bond donors (Lipinski definition) is 0. The van der Waals surface area contributed by atoms with Gasteiger partial charge in [0.2, 0.25) is 0 Å². The predicted molar refractivity (Wildman–Crippen MR) is 89.1 cm³/mol. The molecule has 0 saturated carbocycles. The van der Waals surface area contributed by atoms with E-state index in [-0.39, 0.29) is 32.7 Å². The molecule has 20 heavy (non-hydrogen) atoms. The van der Waals surface area contributed by atoms with Gasteiger partial charge in [0.15, 0.2) is 0 Å². The SMILES string of the molecule is CC.CC.[CH2-]Cc1ccccc1.[CH2-]c1ccccc1.[Y]. The number of benzene rings is 2.